The van der Waals surface area contributed by atoms with Gasteiger partial charge in [-0.25, -0.2) is 9.18 Å². The Morgan fingerprint density at radius 2 is 2.10 bits per heavy atom. The average molecular weight is 407 g/mol. The summed E-state index contributed by atoms with van der Waals surface area (Å²) in [5.74, 6) is -1.79. The number of amides is 2. The fourth-order valence-corrected chi connectivity index (χ4v) is 3.00. The molecule has 1 aliphatic rings. The number of hydrogen-bond acceptors (Lipinski definition) is 5. The minimum absolute atomic E-state index is 0.117. The number of alkyl halides is 1. The lowest BCUT2D eigenvalue weighted by Gasteiger charge is -2.22. The summed E-state index contributed by atoms with van der Waals surface area (Å²) in [6.45, 7) is -1.20. The Bertz CT molecular complexity index is 786. The molecule has 1 heterocycles. The van der Waals surface area contributed by atoms with Gasteiger partial charge in [-0.1, -0.05) is 23.3 Å². The second kappa shape index (κ2) is 10.3. The number of rotatable bonds is 10. The maximum Gasteiger partial charge on any atom is 0.326 e. The topological polar surface area (TPSA) is 145 Å². The van der Waals surface area contributed by atoms with Crippen LogP contribution >= 0.6 is 0 Å². The first-order chi connectivity index (χ1) is 13.8. The molecule has 10 nitrogen and oxygen atoms in total. The van der Waals surface area contributed by atoms with Gasteiger partial charge >= 0.3 is 5.97 Å². The van der Waals surface area contributed by atoms with Crippen LogP contribution in [0.15, 0.2) is 35.4 Å². The second-order valence-corrected chi connectivity index (χ2v) is 6.66. The van der Waals surface area contributed by atoms with Gasteiger partial charge in [0, 0.05) is 17.8 Å². The van der Waals surface area contributed by atoms with E-state index in [1.807, 2.05) is 18.2 Å². The van der Waals surface area contributed by atoms with Gasteiger partial charge in [0.25, 0.3) is 0 Å². The van der Waals surface area contributed by atoms with Crippen molar-refractivity contribution in [2.75, 3.05) is 26.2 Å². The van der Waals surface area contributed by atoms with E-state index in [4.69, 9.17) is 10.3 Å². The number of carbonyl (C=O) groups excluding carboxylic acids is 2. The third kappa shape index (κ3) is 6.65. The number of halogens is 1. The highest BCUT2D eigenvalue weighted by Gasteiger charge is 2.49. The number of carboxylic acids is 1. The van der Waals surface area contributed by atoms with E-state index in [0.29, 0.717) is 18.8 Å². The molecule has 0 bridgehead atoms. The molecule has 2 N–H and O–H groups in total. The standard InChI is InChI=1S/C18H22FN5O5/c19-18(11-22-23-20)9-14(17(27)28)24(12-18)16(26)10-21-15(25)7-4-8-29-13-5-2-1-3-6-13/h1-3,5-6,14H,4,7-12H2,(H,21,25)(H,27,28)/t14-,18?/m1/s1. The normalized spacial score (nSPS) is 20.6. The number of benzene rings is 1. The number of carboxylic acid groups (broad SMARTS) is 1. The fourth-order valence-electron chi connectivity index (χ4n) is 3.00. The van der Waals surface area contributed by atoms with E-state index < -0.39 is 55.5 Å². The molecule has 0 saturated carbocycles. The Labute approximate surface area is 166 Å². The Morgan fingerprint density at radius 3 is 2.76 bits per heavy atom. The molecule has 156 valence electrons. The van der Waals surface area contributed by atoms with Crippen LogP contribution in [0, 0.1) is 0 Å². The van der Waals surface area contributed by atoms with E-state index >= 15 is 0 Å². The fraction of sp³-hybridized carbons (Fsp3) is 0.500. The summed E-state index contributed by atoms with van der Waals surface area (Å²) >= 11 is 0. The first-order valence-corrected chi connectivity index (χ1v) is 9.01. The van der Waals surface area contributed by atoms with E-state index in [1.54, 1.807) is 12.1 Å². The highest BCUT2D eigenvalue weighted by molar-refractivity contribution is 5.88. The molecule has 1 fully saturated rings. The van der Waals surface area contributed by atoms with Crippen molar-refractivity contribution in [1.82, 2.24) is 10.2 Å². The summed E-state index contributed by atoms with van der Waals surface area (Å²) in [4.78, 5) is 38.8. The van der Waals surface area contributed by atoms with Gasteiger partial charge in [-0.2, -0.15) is 0 Å². The summed E-state index contributed by atoms with van der Waals surface area (Å²) in [5, 5.41) is 14.8. The average Bonchev–Trinajstić information content (AvgIpc) is 3.07. The van der Waals surface area contributed by atoms with Crippen LogP contribution in [0.2, 0.25) is 0 Å². The van der Waals surface area contributed by atoms with Gasteiger partial charge in [-0.3, -0.25) is 9.59 Å². The van der Waals surface area contributed by atoms with Crippen LogP contribution in [-0.4, -0.2) is 65.7 Å². The summed E-state index contributed by atoms with van der Waals surface area (Å²) < 4.78 is 20.1. The Kier molecular flexibility index (Phi) is 7.79. The minimum atomic E-state index is -2.11. The second-order valence-electron chi connectivity index (χ2n) is 6.66. The molecule has 1 unspecified atom stereocenters. The summed E-state index contributed by atoms with van der Waals surface area (Å²) in [7, 11) is 0. The third-order valence-electron chi connectivity index (χ3n) is 4.41. The Balaban J connectivity index is 1.77. The molecule has 2 rings (SSSR count). The predicted octanol–water partition coefficient (Wildman–Crippen LogP) is 1.67. The van der Waals surface area contributed by atoms with Crippen molar-refractivity contribution in [3.05, 3.63) is 40.8 Å². The van der Waals surface area contributed by atoms with Gasteiger partial charge in [0.2, 0.25) is 11.8 Å². The van der Waals surface area contributed by atoms with Gasteiger partial charge < -0.3 is 20.1 Å². The molecule has 2 atom stereocenters. The molecule has 11 heteroatoms. The van der Waals surface area contributed by atoms with E-state index in [9.17, 15) is 23.9 Å². The molecule has 0 radical (unpaired) electrons. The van der Waals surface area contributed by atoms with Gasteiger partial charge in [0.05, 0.1) is 26.2 Å². The number of para-hydroxylation sites is 1. The number of aliphatic carboxylic acids is 1. The van der Waals surface area contributed by atoms with Crippen molar-refractivity contribution in [3.8, 4) is 5.75 Å². The molecular formula is C18H22FN5O5. The van der Waals surface area contributed by atoms with Crippen LogP contribution in [0.5, 0.6) is 5.75 Å². The monoisotopic (exact) mass is 407 g/mol. The molecule has 0 aromatic heterocycles. The lowest BCUT2D eigenvalue weighted by Crippen LogP contribution is -2.46. The number of likely N-dealkylation sites (tertiary alicyclic amines) is 1. The summed E-state index contributed by atoms with van der Waals surface area (Å²) in [6, 6.07) is 7.72. The predicted molar refractivity (Wildman–Crippen MR) is 99.8 cm³/mol. The number of carbonyl (C=O) groups is 3. The lowest BCUT2D eigenvalue weighted by atomic mass is 10.0. The Morgan fingerprint density at radius 1 is 1.38 bits per heavy atom. The van der Waals surface area contributed by atoms with Crippen LogP contribution in [-0.2, 0) is 14.4 Å². The summed E-state index contributed by atoms with van der Waals surface area (Å²) in [6.07, 6.45) is 0.0698. The molecule has 29 heavy (non-hydrogen) atoms. The highest BCUT2D eigenvalue weighted by atomic mass is 19.1. The molecule has 1 saturated heterocycles. The zero-order valence-electron chi connectivity index (χ0n) is 15.7. The van der Waals surface area contributed by atoms with Crippen molar-refractivity contribution in [2.24, 2.45) is 5.11 Å². The van der Waals surface area contributed by atoms with Crippen molar-refractivity contribution in [2.45, 2.75) is 31.0 Å². The number of ether oxygens (including phenoxy) is 1. The molecular weight excluding hydrogens is 385 g/mol. The molecule has 0 aliphatic carbocycles. The molecule has 0 spiro atoms. The van der Waals surface area contributed by atoms with Crippen molar-refractivity contribution < 1.29 is 28.6 Å². The third-order valence-corrected chi connectivity index (χ3v) is 4.41. The van der Waals surface area contributed by atoms with E-state index in [1.165, 1.54) is 0 Å². The minimum Gasteiger partial charge on any atom is -0.494 e. The SMILES string of the molecule is [N-]=[N+]=NCC1(F)C[C@H](C(=O)O)N(C(=O)CNC(=O)CCCOc2ccccc2)C1. The van der Waals surface area contributed by atoms with Crippen LogP contribution in [0.25, 0.3) is 10.4 Å². The summed E-state index contributed by atoms with van der Waals surface area (Å²) in [5.41, 5.74) is 6.22. The zero-order valence-corrected chi connectivity index (χ0v) is 15.7. The smallest absolute Gasteiger partial charge is 0.326 e. The first-order valence-electron chi connectivity index (χ1n) is 9.01. The molecule has 1 aromatic rings. The van der Waals surface area contributed by atoms with Crippen molar-refractivity contribution in [1.29, 1.82) is 0 Å². The van der Waals surface area contributed by atoms with Gasteiger partial charge in [-0.15, -0.1) is 0 Å². The van der Waals surface area contributed by atoms with E-state index in [0.717, 1.165) is 4.90 Å². The lowest BCUT2D eigenvalue weighted by molar-refractivity contribution is -0.148. The molecule has 1 aliphatic heterocycles. The van der Waals surface area contributed by atoms with Gasteiger partial charge in [0.1, 0.15) is 17.5 Å². The van der Waals surface area contributed by atoms with Crippen LogP contribution in [0.4, 0.5) is 4.39 Å². The largest absolute Gasteiger partial charge is 0.494 e. The van der Waals surface area contributed by atoms with Crippen molar-refractivity contribution >= 4 is 17.8 Å². The highest BCUT2D eigenvalue weighted by Crippen LogP contribution is 2.31. The van der Waals surface area contributed by atoms with Gasteiger partial charge in [0.15, 0.2) is 0 Å². The molecule has 1 aromatic carbocycles. The number of azide groups is 1. The van der Waals surface area contributed by atoms with Crippen LogP contribution in [0.1, 0.15) is 19.3 Å². The maximum absolute atomic E-state index is 14.6. The van der Waals surface area contributed by atoms with Gasteiger partial charge in [-0.05, 0) is 24.1 Å². The van der Waals surface area contributed by atoms with E-state index in [-0.39, 0.29) is 6.42 Å². The van der Waals surface area contributed by atoms with Crippen LogP contribution in [0.3, 0.4) is 0 Å². The number of hydrogen-bond donors (Lipinski definition) is 2. The quantitative estimate of drug-likeness (QED) is 0.262. The van der Waals surface area contributed by atoms with Crippen molar-refractivity contribution in [3.63, 3.8) is 0 Å². The number of nitrogens with one attached hydrogen (secondary N) is 1. The number of nitrogens with zero attached hydrogens (tertiary/aromatic N) is 4. The van der Waals surface area contributed by atoms with Crippen LogP contribution < -0.4 is 10.1 Å². The van der Waals surface area contributed by atoms with E-state index in [2.05, 4.69) is 15.3 Å². The first kappa shape index (κ1) is 22.0. The zero-order chi connectivity index (χ0) is 21.3. The molecule has 2 amide bonds. The Hall–Kier alpha value is -3.33. The maximum atomic E-state index is 14.6.